The molecule has 11 heteroatoms. The number of rotatable bonds is 4. The van der Waals surface area contributed by atoms with Crippen LogP contribution in [0.1, 0.15) is 17.2 Å². The molecule has 1 aromatic carbocycles. The van der Waals surface area contributed by atoms with Crippen LogP contribution in [0.5, 0.6) is 0 Å². The number of carbonyl (C=O) groups excluding carboxylic acids is 1. The summed E-state index contributed by atoms with van der Waals surface area (Å²) in [5.41, 5.74) is 1.70. The van der Waals surface area contributed by atoms with Gasteiger partial charge in [-0.2, -0.15) is 9.29 Å². The summed E-state index contributed by atoms with van der Waals surface area (Å²) in [6.45, 7) is 4.53. The second-order valence-corrected chi connectivity index (χ2v) is 9.14. The molecule has 0 spiro atoms. The standard InChI is InChI=1S/C19H21FN6O3S/c1-13-10-14(2)26-19(21-13)22-17(23-26)12-18(27)24-6-8-25(9-7-24)30(28,29)16-5-3-4-15(20)11-16/h3-5,10-11H,6-9,12H2,1-2H3. The molecule has 0 bridgehead atoms. The Labute approximate surface area is 173 Å². The third-order valence-corrected chi connectivity index (χ3v) is 6.89. The number of hydrogen-bond donors (Lipinski definition) is 0. The minimum atomic E-state index is -3.80. The third kappa shape index (κ3) is 3.90. The van der Waals surface area contributed by atoms with Crippen LogP contribution in [0, 0.1) is 19.7 Å². The van der Waals surface area contributed by atoms with Gasteiger partial charge in [0.1, 0.15) is 5.82 Å². The van der Waals surface area contributed by atoms with Crippen molar-refractivity contribution in [2.24, 2.45) is 0 Å². The summed E-state index contributed by atoms with van der Waals surface area (Å²) in [5, 5.41) is 4.34. The van der Waals surface area contributed by atoms with E-state index < -0.39 is 15.8 Å². The molecule has 0 atom stereocenters. The summed E-state index contributed by atoms with van der Waals surface area (Å²) in [6.07, 6.45) is 0.0124. The van der Waals surface area contributed by atoms with Crippen molar-refractivity contribution in [2.75, 3.05) is 26.2 Å². The van der Waals surface area contributed by atoms with Crippen LogP contribution in [0.2, 0.25) is 0 Å². The zero-order valence-electron chi connectivity index (χ0n) is 16.6. The first-order valence-electron chi connectivity index (χ1n) is 9.47. The van der Waals surface area contributed by atoms with Crippen LogP contribution >= 0.6 is 0 Å². The average molecular weight is 432 g/mol. The number of amides is 1. The van der Waals surface area contributed by atoms with Crippen LogP contribution in [-0.4, -0.2) is 69.3 Å². The maximum absolute atomic E-state index is 13.4. The summed E-state index contributed by atoms with van der Waals surface area (Å²) in [6, 6.07) is 6.80. The zero-order valence-corrected chi connectivity index (χ0v) is 17.4. The lowest BCUT2D eigenvalue weighted by molar-refractivity contribution is -0.131. The van der Waals surface area contributed by atoms with Crippen LogP contribution < -0.4 is 0 Å². The Morgan fingerprint density at radius 3 is 2.53 bits per heavy atom. The Kier molecular flexibility index (Phi) is 5.24. The molecule has 3 aromatic rings. The number of halogens is 1. The molecule has 30 heavy (non-hydrogen) atoms. The van der Waals surface area contributed by atoms with Gasteiger partial charge in [-0.1, -0.05) is 6.07 Å². The second-order valence-electron chi connectivity index (χ2n) is 7.20. The molecule has 0 N–H and O–H groups in total. The number of piperazine rings is 1. The van der Waals surface area contributed by atoms with Gasteiger partial charge in [-0.3, -0.25) is 4.79 Å². The predicted molar refractivity (Wildman–Crippen MR) is 106 cm³/mol. The van der Waals surface area contributed by atoms with Gasteiger partial charge in [0, 0.05) is 37.6 Å². The van der Waals surface area contributed by atoms with Crippen molar-refractivity contribution >= 4 is 21.7 Å². The summed E-state index contributed by atoms with van der Waals surface area (Å²) >= 11 is 0. The van der Waals surface area contributed by atoms with Gasteiger partial charge in [0.15, 0.2) is 5.82 Å². The maximum Gasteiger partial charge on any atom is 0.252 e. The Morgan fingerprint density at radius 1 is 1.10 bits per heavy atom. The minimum absolute atomic E-state index is 0.0124. The van der Waals surface area contributed by atoms with Crippen LogP contribution in [0.15, 0.2) is 35.2 Å². The van der Waals surface area contributed by atoms with Gasteiger partial charge in [0.05, 0.1) is 11.3 Å². The number of aromatic nitrogens is 4. The van der Waals surface area contributed by atoms with E-state index in [4.69, 9.17) is 0 Å². The molecule has 158 valence electrons. The molecule has 1 aliphatic heterocycles. The van der Waals surface area contributed by atoms with E-state index in [1.165, 1.54) is 22.5 Å². The van der Waals surface area contributed by atoms with Crippen molar-refractivity contribution < 1.29 is 17.6 Å². The molecule has 0 unspecified atom stereocenters. The van der Waals surface area contributed by atoms with E-state index in [2.05, 4.69) is 15.1 Å². The maximum atomic E-state index is 13.4. The lowest BCUT2D eigenvalue weighted by Crippen LogP contribution is -2.50. The molecule has 0 saturated carbocycles. The first-order valence-corrected chi connectivity index (χ1v) is 10.9. The Bertz CT molecular complexity index is 1220. The molecular formula is C19H21FN6O3S. The molecule has 1 amide bonds. The van der Waals surface area contributed by atoms with Crippen molar-refractivity contribution in [2.45, 2.75) is 25.2 Å². The average Bonchev–Trinajstić information content (AvgIpc) is 3.10. The van der Waals surface area contributed by atoms with Crippen LogP contribution in [0.4, 0.5) is 4.39 Å². The van der Waals surface area contributed by atoms with Gasteiger partial charge in [-0.05, 0) is 38.1 Å². The van der Waals surface area contributed by atoms with Crippen molar-refractivity contribution in [3.63, 3.8) is 0 Å². The molecule has 1 saturated heterocycles. The van der Waals surface area contributed by atoms with Gasteiger partial charge in [0.25, 0.3) is 5.78 Å². The summed E-state index contributed by atoms with van der Waals surface area (Å²) in [5.74, 6) is 0.0326. The zero-order chi connectivity index (χ0) is 21.5. The highest BCUT2D eigenvalue weighted by Crippen LogP contribution is 2.19. The fourth-order valence-electron chi connectivity index (χ4n) is 3.48. The van der Waals surface area contributed by atoms with Crippen molar-refractivity contribution in [1.82, 2.24) is 28.8 Å². The fraction of sp³-hybridized carbons (Fsp3) is 0.368. The summed E-state index contributed by atoms with van der Waals surface area (Å²) in [7, 11) is -3.80. The molecule has 2 aromatic heterocycles. The van der Waals surface area contributed by atoms with E-state index in [1.807, 2.05) is 19.9 Å². The molecule has 4 rings (SSSR count). The third-order valence-electron chi connectivity index (χ3n) is 5.00. The van der Waals surface area contributed by atoms with Crippen molar-refractivity contribution in [3.05, 3.63) is 53.4 Å². The second kappa shape index (κ2) is 7.73. The van der Waals surface area contributed by atoms with E-state index >= 15 is 0 Å². The Balaban J connectivity index is 1.42. The number of nitrogens with zero attached hydrogens (tertiary/aromatic N) is 6. The fourth-order valence-corrected chi connectivity index (χ4v) is 4.94. The number of aryl methyl sites for hydroxylation is 2. The van der Waals surface area contributed by atoms with Gasteiger partial charge >= 0.3 is 0 Å². The number of carbonyl (C=O) groups is 1. The van der Waals surface area contributed by atoms with Gasteiger partial charge in [0.2, 0.25) is 15.9 Å². The topological polar surface area (TPSA) is 101 Å². The molecule has 0 aliphatic carbocycles. The summed E-state index contributed by atoms with van der Waals surface area (Å²) < 4.78 is 41.7. The Morgan fingerprint density at radius 2 is 1.83 bits per heavy atom. The van der Waals surface area contributed by atoms with E-state index in [1.54, 1.807) is 9.42 Å². The van der Waals surface area contributed by atoms with Gasteiger partial charge in [-0.25, -0.2) is 22.3 Å². The molecule has 1 fully saturated rings. The first-order chi connectivity index (χ1) is 14.2. The van der Waals surface area contributed by atoms with E-state index in [9.17, 15) is 17.6 Å². The van der Waals surface area contributed by atoms with Crippen LogP contribution in [0.25, 0.3) is 5.78 Å². The largest absolute Gasteiger partial charge is 0.340 e. The van der Waals surface area contributed by atoms with Gasteiger partial charge in [-0.15, -0.1) is 5.10 Å². The highest BCUT2D eigenvalue weighted by atomic mass is 32.2. The summed E-state index contributed by atoms with van der Waals surface area (Å²) in [4.78, 5) is 22.8. The quantitative estimate of drug-likeness (QED) is 0.609. The highest BCUT2D eigenvalue weighted by molar-refractivity contribution is 7.89. The van der Waals surface area contributed by atoms with E-state index in [0.717, 1.165) is 17.5 Å². The lowest BCUT2D eigenvalue weighted by Gasteiger charge is -2.33. The SMILES string of the molecule is Cc1cc(C)n2nc(CC(=O)N3CCN(S(=O)(=O)c4cccc(F)c4)CC3)nc2n1. The van der Waals surface area contributed by atoms with Crippen LogP contribution in [0.3, 0.4) is 0 Å². The van der Waals surface area contributed by atoms with E-state index in [0.29, 0.717) is 11.6 Å². The predicted octanol–water partition coefficient (Wildman–Crippen LogP) is 0.956. The highest BCUT2D eigenvalue weighted by Gasteiger charge is 2.30. The smallest absolute Gasteiger partial charge is 0.252 e. The number of fused-ring (bicyclic) bond motifs is 1. The number of hydrogen-bond acceptors (Lipinski definition) is 6. The molecule has 0 radical (unpaired) electrons. The van der Waals surface area contributed by atoms with Crippen molar-refractivity contribution in [3.8, 4) is 0 Å². The molecule has 3 heterocycles. The van der Waals surface area contributed by atoms with Gasteiger partial charge < -0.3 is 4.90 Å². The number of benzene rings is 1. The molecule has 9 nitrogen and oxygen atoms in total. The van der Waals surface area contributed by atoms with Crippen molar-refractivity contribution in [1.29, 1.82) is 0 Å². The first kappa shape index (κ1) is 20.4. The molecule has 1 aliphatic rings. The lowest BCUT2D eigenvalue weighted by atomic mass is 10.3. The number of sulfonamides is 1. The molecular weight excluding hydrogens is 411 g/mol. The Hall–Kier alpha value is -2.92. The monoisotopic (exact) mass is 432 g/mol. The van der Waals surface area contributed by atoms with E-state index in [-0.39, 0.29) is 43.4 Å². The minimum Gasteiger partial charge on any atom is -0.340 e. The normalized spacial score (nSPS) is 15.6. The van der Waals surface area contributed by atoms with Crippen LogP contribution in [-0.2, 0) is 21.2 Å².